The number of hydrogen-bond donors (Lipinski definition) is 2. The van der Waals surface area contributed by atoms with Gasteiger partial charge in [0.2, 0.25) is 0 Å². The topological polar surface area (TPSA) is 71.1 Å². The fourth-order valence-electron chi connectivity index (χ4n) is 3.19. The number of nitrogens with zero attached hydrogens (tertiary/aromatic N) is 2. The van der Waals surface area contributed by atoms with Gasteiger partial charge in [-0.15, -0.1) is 0 Å². The van der Waals surface area contributed by atoms with Gasteiger partial charge >= 0.3 is 0 Å². The average molecular weight is 275 g/mol. The standard InChI is InChI=1S/C15H21N3O2/c16-15(17-19)12-5-3-7-18(9-12)10-13-8-11-4-1-2-6-14(11)20-13/h1-2,4,6,12-13,19H,3,5,7-10H2,(H2,16,17). The molecule has 3 rings (SSSR count). The monoisotopic (exact) mass is 275 g/mol. The predicted molar refractivity (Wildman–Crippen MR) is 77.1 cm³/mol. The molecular weight excluding hydrogens is 254 g/mol. The van der Waals surface area contributed by atoms with Gasteiger partial charge in [0, 0.05) is 25.4 Å². The summed E-state index contributed by atoms with van der Waals surface area (Å²) in [5.41, 5.74) is 7.02. The molecular formula is C15H21N3O2. The molecule has 1 fully saturated rings. The number of likely N-dealkylation sites (tertiary alicyclic amines) is 1. The van der Waals surface area contributed by atoms with Crippen molar-refractivity contribution in [3.05, 3.63) is 29.8 Å². The zero-order chi connectivity index (χ0) is 13.9. The molecule has 0 amide bonds. The van der Waals surface area contributed by atoms with E-state index in [2.05, 4.69) is 22.2 Å². The Kier molecular flexibility index (Phi) is 3.78. The Morgan fingerprint density at radius 3 is 3.10 bits per heavy atom. The van der Waals surface area contributed by atoms with Crippen molar-refractivity contribution in [2.24, 2.45) is 16.8 Å². The lowest BCUT2D eigenvalue weighted by molar-refractivity contribution is 0.123. The Balaban J connectivity index is 1.57. The van der Waals surface area contributed by atoms with Gasteiger partial charge in [0.05, 0.1) is 0 Å². The normalized spacial score (nSPS) is 27.1. The van der Waals surface area contributed by atoms with Crippen molar-refractivity contribution in [3.63, 3.8) is 0 Å². The van der Waals surface area contributed by atoms with Crippen molar-refractivity contribution in [3.8, 4) is 5.75 Å². The largest absolute Gasteiger partial charge is 0.488 e. The molecule has 2 aliphatic heterocycles. The maximum atomic E-state index is 8.80. The van der Waals surface area contributed by atoms with Gasteiger partial charge in [0.1, 0.15) is 17.7 Å². The van der Waals surface area contributed by atoms with Gasteiger partial charge in [0.15, 0.2) is 0 Å². The third-order valence-electron chi connectivity index (χ3n) is 4.21. The maximum Gasteiger partial charge on any atom is 0.143 e. The molecule has 0 saturated carbocycles. The van der Waals surface area contributed by atoms with E-state index < -0.39 is 0 Å². The van der Waals surface area contributed by atoms with Gasteiger partial charge in [-0.3, -0.25) is 4.90 Å². The summed E-state index contributed by atoms with van der Waals surface area (Å²) in [6.07, 6.45) is 3.28. The Bertz CT molecular complexity index is 479. The lowest BCUT2D eigenvalue weighted by Gasteiger charge is -2.33. The first-order valence-electron chi connectivity index (χ1n) is 7.20. The van der Waals surface area contributed by atoms with E-state index in [0.29, 0.717) is 5.84 Å². The van der Waals surface area contributed by atoms with Gasteiger partial charge in [-0.1, -0.05) is 23.4 Å². The van der Waals surface area contributed by atoms with Crippen molar-refractivity contribution in [2.45, 2.75) is 25.4 Å². The summed E-state index contributed by atoms with van der Waals surface area (Å²) in [6.45, 7) is 2.82. The fourth-order valence-corrected chi connectivity index (χ4v) is 3.19. The first kappa shape index (κ1) is 13.2. The summed E-state index contributed by atoms with van der Waals surface area (Å²) in [5, 5.41) is 11.9. The van der Waals surface area contributed by atoms with Gasteiger partial charge in [0.25, 0.3) is 0 Å². The number of ether oxygens (including phenoxy) is 1. The van der Waals surface area contributed by atoms with Crippen LogP contribution in [-0.4, -0.2) is 41.7 Å². The molecule has 0 bridgehead atoms. The van der Waals surface area contributed by atoms with E-state index in [-0.39, 0.29) is 12.0 Å². The van der Waals surface area contributed by atoms with Crippen molar-refractivity contribution < 1.29 is 9.94 Å². The number of para-hydroxylation sites is 1. The van der Waals surface area contributed by atoms with Crippen molar-refractivity contribution in [2.75, 3.05) is 19.6 Å². The number of hydrogen-bond acceptors (Lipinski definition) is 4. The van der Waals surface area contributed by atoms with Crippen molar-refractivity contribution in [1.29, 1.82) is 0 Å². The second kappa shape index (κ2) is 5.71. The first-order valence-corrected chi connectivity index (χ1v) is 7.20. The minimum absolute atomic E-state index is 0.164. The van der Waals surface area contributed by atoms with Crippen molar-refractivity contribution >= 4 is 5.84 Å². The predicted octanol–water partition coefficient (Wildman–Crippen LogP) is 1.45. The molecule has 20 heavy (non-hydrogen) atoms. The fraction of sp³-hybridized carbons (Fsp3) is 0.533. The van der Waals surface area contributed by atoms with E-state index in [4.69, 9.17) is 15.7 Å². The summed E-state index contributed by atoms with van der Waals surface area (Å²) in [4.78, 5) is 2.36. The number of amidine groups is 1. The van der Waals surface area contributed by atoms with Crippen LogP contribution in [-0.2, 0) is 6.42 Å². The SMILES string of the molecule is NC(=NO)C1CCCN(CC2Cc3ccccc3O2)C1. The summed E-state index contributed by atoms with van der Waals surface area (Å²) in [6, 6.07) is 8.23. The van der Waals surface area contributed by atoms with Crippen LogP contribution in [0.3, 0.4) is 0 Å². The molecule has 0 aromatic heterocycles. The van der Waals surface area contributed by atoms with Gasteiger partial charge < -0.3 is 15.7 Å². The van der Waals surface area contributed by atoms with Crippen LogP contribution in [0.1, 0.15) is 18.4 Å². The summed E-state index contributed by atoms with van der Waals surface area (Å²) in [5.74, 6) is 1.53. The molecule has 1 aromatic rings. The minimum Gasteiger partial charge on any atom is -0.488 e. The summed E-state index contributed by atoms with van der Waals surface area (Å²) >= 11 is 0. The van der Waals surface area contributed by atoms with Crippen LogP contribution in [0.15, 0.2) is 29.4 Å². The molecule has 0 aliphatic carbocycles. The number of piperidine rings is 1. The van der Waals surface area contributed by atoms with E-state index >= 15 is 0 Å². The first-order chi connectivity index (χ1) is 9.76. The molecule has 2 aliphatic rings. The van der Waals surface area contributed by atoms with Crippen LogP contribution in [0.2, 0.25) is 0 Å². The number of oxime groups is 1. The highest BCUT2D eigenvalue weighted by atomic mass is 16.5. The smallest absolute Gasteiger partial charge is 0.143 e. The molecule has 2 heterocycles. The van der Waals surface area contributed by atoms with Crippen LogP contribution in [0.5, 0.6) is 5.75 Å². The Labute approximate surface area is 119 Å². The van der Waals surface area contributed by atoms with Gasteiger partial charge in [-0.25, -0.2) is 0 Å². The minimum atomic E-state index is 0.164. The third kappa shape index (κ3) is 2.72. The second-order valence-corrected chi connectivity index (χ2v) is 5.68. The van der Waals surface area contributed by atoms with E-state index in [0.717, 1.165) is 44.6 Å². The molecule has 1 saturated heterocycles. The molecule has 5 nitrogen and oxygen atoms in total. The highest BCUT2D eigenvalue weighted by molar-refractivity contribution is 5.82. The highest BCUT2D eigenvalue weighted by Crippen LogP contribution is 2.29. The summed E-state index contributed by atoms with van der Waals surface area (Å²) in [7, 11) is 0. The molecule has 2 unspecified atom stereocenters. The average Bonchev–Trinajstić information content (AvgIpc) is 2.88. The Hall–Kier alpha value is -1.75. The maximum absolute atomic E-state index is 8.80. The van der Waals surface area contributed by atoms with Gasteiger partial charge in [-0.05, 0) is 31.0 Å². The Morgan fingerprint density at radius 1 is 1.45 bits per heavy atom. The van der Waals surface area contributed by atoms with Gasteiger partial charge in [-0.2, -0.15) is 0 Å². The van der Waals surface area contributed by atoms with Crippen molar-refractivity contribution in [1.82, 2.24) is 4.90 Å². The molecule has 108 valence electrons. The quantitative estimate of drug-likeness (QED) is 0.379. The molecule has 3 N–H and O–H groups in total. The lowest BCUT2D eigenvalue weighted by Crippen LogP contribution is -2.45. The third-order valence-corrected chi connectivity index (χ3v) is 4.21. The molecule has 0 radical (unpaired) electrons. The lowest BCUT2D eigenvalue weighted by atomic mass is 9.96. The van der Waals surface area contributed by atoms with Crippen LogP contribution in [0, 0.1) is 5.92 Å². The van der Waals surface area contributed by atoms with Crippen LogP contribution in [0.4, 0.5) is 0 Å². The summed E-state index contributed by atoms with van der Waals surface area (Å²) < 4.78 is 5.98. The highest BCUT2D eigenvalue weighted by Gasteiger charge is 2.28. The molecule has 2 atom stereocenters. The van der Waals surface area contributed by atoms with E-state index in [9.17, 15) is 0 Å². The van der Waals surface area contributed by atoms with E-state index in [1.54, 1.807) is 0 Å². The number of rotatable bonds is 3. The second-order valence-electron chi connectivity index (χ2n) is 5.68. The molecule has 1 aromatic carbocycles. The van der Waals surface area contributed by atoms with E-state index in [1.165, 1.54) is 5.56 Å². The van der Waals surface area contributed by atoms with Crippen LogP contribution < -0.4 is 10.5 Å². The number of benzene rings is 1. The van der Waals surface area contributed by atoms with Crippen LogP contribution in [0.25, 0.3) is 0 Å². The zero-order valence-electron chi connectivity index (χ0n) is 11.5. The molecule has 5 heteroatoms. The zero-order valence-corrected chi connectivity index (χ0v) is 11.5. The Morgan fingerprint density at radius 2 is 2.30 bits per heavy atom. The number of nitrogens with two attached hydrogens (primary N) is 1. The molecule has 0 spiro atoms. The number of fused-ring (bicyclic) bond motifs is 1. The van der Waals surface area contributed by atoms with E-state index in [1.807, 2.05) is 12.1 Å². The van der Waals surface area contributed by atoms with Crippen LogP contribution >= 0.6 is 0 Å².